The van der Waals surface area contributed by atoms with Gasteiger partial charge in [0, 0.05) is 16.7 Å². The first-order valence-corrected chi connectivity index (χ1v) is 7.25. The number of hydrogen-bond donors (Lipinski definition) is 0. The van der Waals surface area contributed by atoms with Gasteiger partial charge < -0.3 is 0 Å². The van der Waals surface area contributed by atoms with Crippen LogP contribution in [0.3, 0.4) is 0 Å². The maximum atomic E-state index is 12.3. The van der Waals surface area contributed by atoms with Gasteiger partial charge in [-0.3, -0.25) is 9.59 Å². The van der Waals surface area contributed by atoms with Crippen LogP contribution in [-0.4, -0.2) is 11.6 Å². The molecule has 0 saturated carbocycles. The lowest BCUT2D eigenvalue weighted by Gasteiger charge is -2.15. The van der Waals surface area contributed by atoms with E-state index in [1.807, 2.05) is 39.1 Å². The molecule has 1 aromatic carbocycles. The maximum absolute atomic E-state index is 12.3. The Morgan fingerprint density at radius 2 is 1.63 bits per heavy atom. The third-order valence-electron chi connectivity index (χ3n) is 3.07. The minimum absolute atomic E-state index is 0.0172. The second kappa shape index (κ2) is 5.10. The Morgan fingerprint density at radius 3 is 2.32 bits per heavy atom. The van der Waals surface area contributed by atoms with Crippen molar-refractivity contribution in [2.24, 2.45) is 0 Å². The van der Waals surface area contributed by atoms with Crippen LogP contribution in [0.5, 0.6) is 0 Å². The lowest BCUT2D eigenvalue weighted by Crippen LogP contribution is -2.19. The van der Waals surface area contributed by atoms with Crippen LogP contribution < -0.4 is 0 Å². The molecule has 1 aliphatic rings. The molecule has 0 atom stereocenters. The van der Waals surface area contributed by atoms with E-state index in [1.54, 1.807) is 12.1 Å². The van der Waals surface area contributed by atoms with Crippen molar-refractivity contribution in [3.05, 3.63) is 56.3 Å². The van der Waals surface area contributed by atoms with Crippen LogP contribution in [-0.2, 0) is 0 Å². The zero-order valence-electron chi connectivity index (χ0n) is 11.5. The molecule has 0 bridgehead atoms. The summed E-state index contributed by atoms with van der Waals surface area (Å²) in [4.78, 5) is 25.2. The number of fused-ring (bicyclic) bond motifs is 2. The molecule has 3 heteroatoms. The van der Waals surface area contributed by atoms with Crippen molar-refractivity contribution in [2.45, 2.75) is 27.7 Å². The topological polar surface area (TPSA) is 34.1 Å². The van der Waals surface area contributed by atoms with E-state index in [-0.39, 0.29) is 11.6 Å². The van der Waals surface area contributed by atoms with Crippen LogP contribution in [0.4, 0.5) is 0 Å². The lowest BCUT2D eigenvalue weighted by molar-refractivity contribution is 0.0982. The molecule has 1 aliphatic carbocycles. The highest BCUT2D eigenvalue weighted by molar-refractivity contribution is 7.13. The van der Waals surface area contributed by atoms with Crippen molar-refractivity contribution in [1.82, 2.24) is 0 Å². The molecule has 1 aromatic heterocycles. The first-order chi connectivity index (χ1) is 9.09. The standard InChI is InChI=1S/C14H10O2S.C2H6/c1-7-3-4-9-10(5-7)13(16)14-11(12(9)15)8(2)6-17-14;1-2/h3-6H,1-2H3;1-2H3. The van der Waals surface area contributed by atoms with Gasteiger partial charge in [-0.15, -0.1) is 11.3 Å². The summed E-state index contributed by atoms with van der Waals surface area (Å²) in [5.41, 5.74) is 3.58. The predicted molar refractivity (Wildman–Crippen MR) is 78.4 cm³/mol. The summed E-state index contributed by atoms with van der Waals surface area (Å²) >= 11 is 1.36. The van der Waals surface area contributed by atoms with E-state index >= 15 is 0 Å². The van der Waals surface area contributed by atoms with Gasteiger partial charge in [-0.05, 0) is 30.9 Å². The number of carbonyl (C=O) groups excluding carboxylic acids is 2. The van der Waals surface area contributed by atoms with Gasteiger partial charge in [0.15, 0.2) is 5.78 Å². The van der Waals surface area contributed by atoms with Crippen molar-refractivity contribution in [3.63, 3.8) is 0 Å². The van der Waals surface area contributed by atoms with E-state index < -0.39 is 0 Å². The summed E-state index contributed by atoms with van der Waals surface area (Å²) in [6, 6.07) is 5.43. The van der Waals surface area contributed by atoms with E-state index in [4.69, 9.17) is 0 Å². The van der Waals surface area contributed by atoms with Gasteiger partial charge in [0.05, 0.1) is 4.88 Å². The Kier molecular flexibility index (Phi) is 3.67. The number of carbonyl (C=O) groups is 2. The summed E-state index contributed by atoms with van der Waals surface area (Å²) in [6.45, 7) is 7.80. The molecule has 19 heavy (non-hydrogen) atoms. The minimum Gasteiger partial charge on any atom is -0.289 e. The van der Waals surface area contributed by atoms with Crippen molar-refractivity contribution in [2.75, 3.05) is 0 Å². The van der Waals surface area contributed by atoms with Gasteiger partial charge >= 0.3 is 0 Å². The molecule has 0 radical (unpaired) electrons. The number of hydrogen-bond acceptors (Lipinski definition) is 3. The Bertz CT molecular complexity index is 665. The smallest absolute Gasteiger partial charge is 0.204 e. The molecule has 0 aliphatic heterocycles. The monoisotopic (exact) mass is 272 g/mol. The van der Waals surface area contributed by atoms with E-state index in [0.29, 0.717) is 21.6 Å². The summed E-state index contributed by atoms with van der Waals surface area (Å²) in [5, 5.41) is 1.87. The van der Waals surface area contributed by atoms with Crippen LogP contribution in [0.25, 0.3) is 0 Å². The van der Waals surface area contributed by atoms with Crippen molar-refractivity contribution < 1.29 is 9.59 Å². The molecular weight excluding hydrogens is 256 g/mol. The molecule has 0 amide bonds. The van der Waals surface area contributed by atoms with Crippen molar-refractivity contribution in [1.29, 1.82) is 0 Å². The van der Waals surface area contributed by atoms with Crippen molar-refractivity contribution in [3.8, 4) is 0 Å². The van der Waals surface area contributed by atoms with E-state index in [2.05, 4.69) is 0 Å². The molecule has 1 heterocycles. The fourth-order valence-corrected chi connectivity index (χ4v) is 3.20. The van der Waals surface area contributed by atoms with Gasteiger partial charge in [-0.1, -0.05) is 31.5 Å². The normalized spacial score (nSPS) is 12.4. The quantitative estimate of drug-likeness (QED) is 0.615. The predicted octanol–water partition coefficient (Wildman–Crippen LogP) is 4.17. The van der Waals surface area contributed by atoms with Crippen LogP contribution in [0, 0.1) is 13.8 Å². The van der Waals surface area contributed by atoms with Crippen LogP contribution >= 0.6 is 11.3 Å². The first kappa shape index (κ1) is 13.7. The Hall–Kier alpha value is -1.74. The van der Waals surface area contributed by atoms with Crippen molar-refractivity contribution >= 4 is 22.9 Å². The van der Waals surface area contributed by atoms with Gasteiger partial charge in [-0.2, -0.15) is 0 Å². The number of thiophene rings is 1. The Labute approximate surface area is 117 Å². The van der Waals surface area contributed by atoms with E-state index in [9.17, 15) is 9.59 Å². The van der Waals surface area contributed by atoms with Gasteiger partial charge in [-0.25, -0.2) is 0 Å². The number of rotatable bonds is 0. The molecule has 0 fully saturated rings. The average Bonchev–Trinajstić information content (AvgIpc) is 2.81. The zero-order valence-corrected chi connectivity index (χ0v) is 12.4. The highest BCUT2D eigenvalue weighted by Crippen LogP contribution is 2.33. The number of aryl methyl sites for hydroxylation is 2. The second-order valence-electron chi connectivity index (χ2n) is 4.33. The van der Waals surface area contributed by atoms with Crippen LogP contribution in [0.2, 0.25) is 0 Å². The molecule has 2 nitrogen and oxygen atoms in total. The number of ketones is 2. The third-order valence-corrected chi connectivity index (χ3v) is 4.17. The third kappa shape index (κ3) is 2.04. The average molecular weight is 272 g/mol. The van der Waals surface area contributed by atoms with Gasteiger partial charge in [0.2, 0.25) is 5.78 Å². The molecule has 3 rings (SSSR count). The van der Waals surface area contributed by atoms with E-state index in [0.717, 1.165) is 11.1 Å². The molecule has 0 unspecified atom stereocenters. The SMILES string of the molecule is CC.Cc1ccc2c(c1)C(=O)c1scc(C)c1C2=O. The number of benzene rings is 1. The largest absolute Gasteiger partial charge is 0.289 e. The summed E-state index contributed by atoms with van der Waals surface area (Å²) in [5.74, 6) is -0.0373. The van der Waals surface area contributed by atoms with Crippen LogP contribution in [0.1, 0.15) is 56.1 Å². The molecule has 0 spiro atoms. The van der Waals surface area contributed by atoms with Gasteiger partial charge in [0.1, 0.15) is 0 Å². The summed E-state index contributed by atoms with van der Waals surface area (Å²) < 4.78 is 0. The highest BCUT2D eigenvalue weighted by atomic mass is 32.1. The van der Waals surface area contributed by atoms with Gasteiger partial charge in [0.25, 0.3) is 0 Å². The maximum Gasteiger partial charge on any atom is 0.204 e. The first-order valence-electron chi connectivity index (χ1n) is 6.37. The molecule has 98 valence electrons. The summed E-state index contributed by atoms with van der Waals surface area (Å²) in [6.07, 6.45) is 0. The Balaban J connectivity index is 0.000000637. The van der Waals surface area contributed by atoms with Crippen LogP contribution in [0.15, 0.2) is 23.6 Å². The lowest BCUT2D eigenvalue weighted by atomic mass is 9.86. The molecular formula is C16H16O2S. The fourth-order valence-electron chi connectivity index (χ4n) is 2.19. The minimum atomic E-state index is -0.0200. The second-order valence-corrected chi connectivity index (χ2v) is 5.21. The molecule has 0 N–H and O–H groups in total. The summed E-state index contributed by atoms with van der Waals surface area (Å²) in [7, 11) is 0. The highest BCUT2D eigenvalue weighted by Gasteiger charge is 2.32. The van der Waals surface area contributed by atoms with E-state index in [1.165, 1.54) is 11.3 Å². The molecule has 2 aromatic rings. The molecule has 0 saturated heterocycles. The zero-order chi connectivity index (χ0) is 14.2. The fraction of sp³-hybridized carbons (Fsp3) is 0.250. The Morgan fingerprint density at radius 1 is 0.947 bits per heavy atom.